The first-order chi connectivity index (χ1) is 16.8. The molecule has 0 atom stereocenters. The van der Waals surface area contributed by atoms with E-state index in [9.17, 15) is 14.0 Å². The summed E-state index contributed by atoms with van der Waals surface area (Å²) in [5, 5.41) is 10.5. The summed E-state index contributed by atoms with van der Waals surface area (Å²) in [6.07, 6.45) is 5.75. The van der Waals surface area contributed by atoms with Gasteiger partial charge in [-0.2, -0.15) is 5.10 Å². The molecule has 2 N–H and O–H groups in total. The van der Waals surface area contributed by atoms with Crippen LogP contribution in [0.25, 0.3) is 11.4 Å². The van der Waals surface area contributed by atoms with Gasteiger partial charge in [-0.05, 0) is 74.8 Å². The first-order valence-corrected chi connectivity index (χ1v) is 12.0. The van der Waals surface area contributed by atoms with Gasteiger partial charge in [-0.15, -0.1) is 0 Å². The molecule has 1 aliphatic rings. The fraction of sp³-hybridized carbons (Fsp3) is 0.423. The Kier molecular flexibility index (Phi) is 7.53. The molecular weight excluding hydrogens is 447 g/mol. The van der Waals surface area contributed by atoms with Crippen molar-refractivity contribution in [2.45, 2.75) is 65.6 Å². The number of nitrogens with zero attached hydrogens (tertiary/aromatic N) is 4. The van der Waals surface area contributed by atoms with Crippen LogP contribution in [0.3, 0.4) is 0 Å². The number of amides is 2. The topological polar surface area (TPSA) is 102 Å². The molecule has 35 heavy (non-hydrogen) atoms. The van der Waals surface area contributed by atoms with E-state index in [0.717, 1.165) is 43.4 Å². The molecule has 3 aromatic rings. The van der Waals surface area contributed by atoms with Crippen molar-refractivity contribution in [1.82, 2.24) is 30.4 Å². The van der Waals surface area contributed by atoms with Crippen molar-refractivity contribution in [2.24, 2.45) is 5.92 Å². The average molecular weight is 479 g/mol. The summed E-state index contributed by atoms with van der Waals surface area (Å²) in [6, 6.07) is 8.59. The molecule has 0 unspecified atom stereocenters. The Morgan fingerprint density at radius 3 is 2.60 bits per heavy atom. The number of carbonyl (C=O) groups is 2. The molecule has 0 saturated heterocycles. The Labute approximate surface area is 204 Å². The van der Waals surface area contributed by atoms with Crippen molar-refractivity contribution >= 4 is 11.8 Å². The van der Waals surface area contributed by atoms with Crippen molar-refractivity contribution in [2.75, 3.05) is 0 Å². The number of hydrogen-bond acceptors (Lipinski definition) is 5. The highest BCUT2D eigenvalue weighted by atomic mass is 19.1. The van der Waals surface area contributed by atoms with Crippen LogP contribution in [0.15, 0.2) is 36.7 Å². The van der Waals surface area contributed by atoms with Crippen LogP contribution in [-0.2, 0) is 17.9 Å². The zero-order valence-corrected chi connectivity index (χ0v) is 20.3. The Morgan fingerprint density at radius 1 is 1.11 bits per heavy atom. The second-order valence-corrected chi connectivity index (χ2v) is 9.36. The second-order valence-electron chi connectivity index (χ2n) is 9.36. The lowest BCUT2D eigenvalue weighted by atomic mass is 9.86. The van der Waals surface area contributed by atoms with Crippen molar-refractivity contribution < 1.29 is 14.0 Å². The molecule has 2 heterocycles. The van der Waals surface area contributed by atoms with Crippen molar-refractivity contribution in [3.8, 4) is 11.4 Å². The van der Waals surface area contributed by atoms with Gasteiger partial charge in [0.05, 0.1) is 0 Å². The Hall–Kier alpha value is -3.62. The molecule has 1 aromatic carbocycles. The predicted molar refractivity (Wildman–Crippen MR) is 130 cm³/mol. The molecule has 1 fully saturated rings. The molecule has 0 bridgehead atoms. The van der Waals surface area contributed by atoms with E-state index in [4.69, 9.17) is 0 Å². The lowest BCUT2D eigenvalue weighted by molar-refractivity contribution is -0.119. The van der Waals surface area contributed by atoms with Gasteiger partial charge in [0.1, 0.15) is 17.8 Å². The molecule has 184 valence electrons. The maximum Gasteiger partial charge on any atom is 0.270 e. The van der Waals surface area contributed by atoms with Gasteiger partial charge in [0.25, 0.3) is 5.91 Å². The molecule has 1 saturated carbocycles. The molecule has 4 rings (SSSR count). The number of aryl methyl sites for hydroxylation is 2. The monoisotopic (exact) mass is 478 g/mol. The van der Waals surface area contributed by atoms with E-state index in [1.807, 2.05) is 17.7 Å². The van der Waals surface area contributed by atoms with Gasteiger partial charge in [-0.25, -0.2) is 14.4 Å². The lowest BCUT2D eigenvalue weighted by Crippen LogP contribution is -2.36. The van der Waals surface area contributed by atoms with Crippen LogP contribution in [0.5, 0.6) is 0 Å². The summed E-state index contributed by atoms with van der Waals surface area (Å²) in [5.74, 6) is 0.485. The SMILES string of the molecule is CC(=O)N[C@H]1CC[C@H](Cn2cnc(-c3cc(C)nc(C(=O)NCc4ccc(F)c(C)c4)c3)n2)CC1. The average Bonchev–Trinajstić information content (AvgIpc) is 3.29. The Bertz CT molecular complexity index is 1220. The number of pyridine rings is 1. The number of carbonyl (C=O) groups excluding carboxylic acids is 2. The molecule has 1 aliphatic carbocycles. The Morgan fingerprint density at radius 2 is 1.89 bits per heavy atom. The summed E-state index contributed by atoms with van der Waals surface area (Å²) < 4.78 is 15.3. The van der Waals surface area contributed by atoms with E-state index in [1.54, 1.807) is 38.4 Å². The minimum absolute atomic E-state index is 0.0283. The molecule has 2 aromatic heterocycles. The highest BCUT2D eigenvalue weighted by Crippen LogP contribution is 2.26. The third-order valence-electron chi connectivity index (χ3n) is 6.36. The van der Waals surface area contributed by atoms with Gasteiger partial charge < -0.3 is 10.6 Å². The van der Waals surface area contributed by atoms with Crippen molar-refractivity contribution in [3.63, 3.8) is 0 Å². The van der Waals surface area contributed by atoms with Crippen LogP contribution >= 0.6 is 0 Å². The first kappa shape index (κ1) is 24.5. The van der Waals surface area contributed by atoms with Gasteiger partial charge in [-0.3, -0.25) is 14.3 Å². The van der Waals surface area contributed by atoms with E-state index in [2.05, 4.69) is 25.7 Å². The van der Waals surface area contributed by atoms with E-state index in [1.165, 1.54) is 6.07 Å². The fourth-order valence-corrected chi connectivity index (χ4v) is 4.56. The normalized spacial score (nSPS) is 17.7. The number of benzene rings is 1. The fourth-order valence-electron chi connectivity index (χ4n) is 4.56. The minimum Gasteiger partial charge on any atom is -0.354 e. The van der Waals surface area contributed by atoms with Gasteiger partial charge >= 0.3 is 0 Å². The van der Waals surface area contributed by atoms with Crippen LogP contribution < -0.4 is 10.6 Å². The van der Waals surface area contributed by atoms with Crippen LogP contribution in [0, 0.1) is 25.6 Å². The quantitative estimate of drug-likeness (QED) is 0.539. The summed E-state index contributed by atoms with van der Waals surface area (Å²) in [6.45, 7) is 6.13. The summed E-state index contributed by atoms with van der Waals surface area (Å²) >= 11 is 0. The zero-order chi connectivity index (χ0) is 24.9. The number of halogens is 1. The lowest BCUT2D eigenvalue weighted by Gasteiger charge is -2.28. The summed E-state index contributed by atoms with van der Waals surface area (Å²) in [7, 11) is 0. The van der Waals surface area contributed by atoms with Gasteiger partial charge in [-0.1, -0.05) is 12.1 Å². The summed E-state index contributed by atoms with van der Waals surface area (Å²) in [4.78, 5) is 32.8. The van der Waals surface area contributed by atoms with Crippen LogP contribution in [0.4, 0.5) is 4.39 Å². The maximum absolute atomic E-state index is 13.5. The minimum atomic E-state index is -0.313. The van der Waals surface area contributed by atoms with E-state index in [0.29, 0.717) is 23.0 Å². The molecule has 0 radical (unpaired) electrons. The third kappa shape index (κ3) is 6.49. The van der Waals surface area contributed by atoms with E-state index >= 15 is 0 Å². The van der Waals surface area contributed by atoms with Crippen LogP contribution in [0.2, 0.25) is 0 Å². The predicted octanol–water partition coefficient (Wildman–Crippen LogP) is 3.72. The van der Waals surface area contributed by atoms with Crippen molar-refractivity contribution in [3.05, 3.63) is 65.0 Å². The molecule has 9 heteroatoms. The summed E-state index contributed by atoms with van der Waals surface area (Å²) in [5.41, 5.74) is 3.06. The van der Waals surface area contributed by atoms with Gasteiger partial charge in [0.2, 0.25) is 5.91 Å². The smallest absolute Gasteiger partial charge is 0.270 e. The maximum atomic E-state index is 13.5. The molecule has 8 nitrogen and oxygen atoms in total. The molecule has 0 spiro atoms. The zero-order valence-electron chi connectivity index (χ0n) is 20.3. The van der Waals surface area contributed by atoms with Gasteiger partial charge in [0.15, 0.2) is 5.82 Å². The highest BCUT2D eigenvalue weighted by Gasteiger charge is 2.22. The third-order valence-corrected chi connectivity index (χ3v) is 6.36. The number of hydrogen-bond donors (Lipinski definition) is 2. The largest absolute Gasteiger partial charge is 0.354 e. The number of rotatable bonds is 7. The van der Waals surface area contributed by atoms with E-state index < -0.39 is 0 Å². The molecule has 2 amide bonds. The first-order valence-electron chi connectivity index (χ1n) is 12.0. The Balaban J connectivity index is 1.38. The number of aromatic nitrogens is 4. The van der Waals surface area contributed by atoms with Gasteiger partial charge in [0, 0.05) is 37.3 Å². The van der Waals surface area contributed by atoms with Crippen LogP contribution in [-0.4, -0.2) is 37.6 Å². The second kappa shape index (κ2) is 10.8. The van der Waals surface area contributed by atoms with Crippen molar-refractivity contribution in [1.29, 1.82) is 0 Å². The van der Waals surface area contributed by atoms with E-state index in [-0.39, 0.29) is 35.9 Å². The number of nitrogens with one attached hydrogen (secondary N) is 2. The highest BCUT2D eigenvalue weighted by molar-refractivity contribution is 5.93. The van der Waals surface area contributed by atoms with Crippen LogP contribution in [0.1, 0.15) is 59.9 Å². The molecule has 0 aliphatic heterocycles. The molecular formula is C26H31FN6O2. The standard InChI is InChI=1S/C26H31FN6O2/c1-16-10-20(6-9-23(16)27)13-28-26(35)24-12-21(11-17(2)30-24)25-29-15-33(32-25)14-19-4-7-22(8-5-19)31-18(3)34/h6,9-12,15,19,22H,4-5,7-8,13-14H2,1-3H3,(H,28,35)(H,31,34)/t19-,22-.